The molecule has 4 nitrogen and oxygen atoms in total. The summed E-state index contributed by atoms with van der Waals surface area (Å²) >= 11 is 2.81. The number of carboxylic acids is 1. The first kappa shape index (κ1) is 14.6. The molecule has 6 heteroatoms. The SMILES string of the molecule is CCC(CSC)NC(=O)CSCC(=O)O. The zero-order chi connectivity index (χ0) is 11.7. The molecule has 0 spiro atoms. The molecule has 0 heterocycles. The van der Waals surface area contributed by atoms with Crippen LogP contribution in [-0.4, -0.2) is 46.5 Å². The molecule has 0 radical (unpaired) electrons. The monoisotopic (exact) mass is 251 g/mol. The van der Waals surface area contributed by atoms with Crippen LogP contribution >= 0.6 is 23.5 Å². The quantitative estimate of drug-likeness (QED) is 0.675. The molecule has 1 amide bonds. The van der Waals surface area contributed by atoms with Crippen LogP contribution in [-0.2, 0) is 9.59 Å². The lowest BCUT2D eigenvalue weighted by Gasteiger charge is -2.15. The molecule has 0 aromatic heterocycles. The van der Waals surface area contributed by atoms with E-state index < -0.39 is 5.97 Å². The number of thioether (sulfide) groups is 2. The van der Waals surface area contributed by atoms with E-state index in [0.717, 1.165) is 23.9 Å². The Balaban J connectivity index is 3.66. The van der Waals surface area contributed by atoms with Crippen molar-refractivity contribution in [3.05, 3.63) is 0 Å². The summed E-state index contributed by atoms with van der Waals surface area (Å²) in [6.07, 6.45) is 2.89. The number of rotatable bonds is 8. The largest absolute Gasteiger partial charge is 0.481 e. The second-order valence-corrected chi connectivity index (χ2v) is 4.91. The molecule has 0 saturated carbocycles. The van der Waals surface area contributed by atoms with Crippen molar-refractivity contribution in [3.8, 4) is 0 Å². The molecule has 88 valence electrons. The highest BCUT2D eigenvalue weighted by molar-refractivity contribution is 8.00. The van der Waals surface area contributed by atoms with Gasteiger partial charge in [0.25, 0.3) is 0 Å². The first-order chi connectivity index (χ1) is 7.10. The third-order valence-electron chi connectivity index (χ3n) is 1.68. The zero-order valence-electron chi connectivity index (χ0n) is 8.99. The third kappa shape index (κ3) is 8.62. The van der Waals surface area contributed by atoms with E-state index in [9.17, 15) is 9.59 Å². The van der Waals surface area contributed by atoms with Gasteiger partial charge in [-0.1, -0.05) is 6.92 Å². The summed E-state index contributed by atoms with van der Waals surface area (Å²) in [4.78, 5) is 21.5. The molecule has 0 aromatic rings. The van der Waals surface area contributed by atoms with Crippen molar-refractivity contribution < 1.29 is 14.7 Å². The van der Waals surface area contributed by atoms with E-state index in [1.807, 2.05) is 13.2 Å². The molecule has 0 bridgehead atoms. The van der Waals surface area contributed by atoms with Crippen LogP contribution in [0.2, 0.25) is 0 Å². The van der Waals surface area contributed by atoms with Crippen LogP contribution in [0, 0.1) is 0 Å². The molecule has 0 aliphatic heterocycles. The van der Waals surface area contributed by atoms with Crippen LogP contribution in [0.25, 0.3) is 0 Å². The number of amides is 1. The smallest absolute Gasteiger partial charge is 0.313 e. The van der Waals surface area contributed by atoms with E-state index >= 15 is 0 Å². The number of nitrogens with one attached hydrogen (secondary N) is 1. The summed E-state index contributed by atoms with van der Waals surface area (Å²) in [5.41, 5.74) is 0. The maximum Gasteiger partial charge on any atom is 0.313 e. The van der Waals surface area contributed by atoms with E-state index in [1.54, 1.807) is 11.8 Å². The number of hydrogen-bond acceptors (Lipinski definition) is 4. The lowest BCUT2D eigenvalue weighted by atomic mass is 10.2. The van der Waals surface area contributed by atoms with Gasteiger partial charge in [-0.2, -0.15) is 11.8 Å². The summed E-state index contributed by atoms with van der Waals surface area (Å²) in [7, 11) is 0. The lowest BCUT2D eigenvalue weighted by Crippen LogP contribution is -2.37. The van der Waals surface area contributed by atoms with Crippen molar-refractivity contribution in [3.63, 3.8) is 0 Å². The van der Waals surface area contributed by atoms with E-state index in [1.165, 1.54) is 0 Å². The Bertz CT molecular complexity index is 212. The Kier molecular flexibility index (Phi) is 8.70. The van der Waals surface area contributed by atoms with Crippen LogP contribution in [0.15, 0.2) is 0 Å². The van der Waals surface area contributed by atoms with Gasteiger partial charge >= 0.3 is 5.97 Å². The predicted molar refractivity (Wildman–Crippen MR) is 65.6 cm³/mol. The van der Waals surface area contributed by atoms with Crippen molar-refractivity contribution in [1.82, 2.24) is 5.32 Å². The fraction of sp³-hybridized carbons (Fsp3) is 0.778. The van der Waals surface area contributed by atoms with Gasteiger partial charge in [-0.25, -0.2) is 0 Å². The van der Waals surface area contributed by atoms with E-state index in [-0.39, 0.29) is 23.5 Å². The van der Waals surface area contributed by atoms with Crippen molar-refractivity contribution in [1.29, 1.82) is 0 Å². The Labute approximate surface area is 98.6 Å². The molecular formula is C9H17NO3S2. The topological polar surface area (TPSA) is 66.4 Å². The first-order valence-corrected chi connectivity index (χ1v) is 7.22. The standard InChI is InChI=1S/C9H17NO3S2/c1-3-7(4-14-2)10-8(11)5-15-6-9(12)13/h7H,3-6H2,1-2H3,(H,10,11)(H,12,13). The van der Waals surface area contributed by atoms with Crippen LogP contribution in [0.3, 0.4) is 0 Å². The Morgan fingerprint density at radius 2 is 2.07 bits per heavy atom. The number of hydrogen-bond donors (Lipinski definition) is 2. The van der Waals surface area contributed by atoms with Gasteiger partial charge in [0.1, 0.15) is 0 Å². The summed E-state index contributed by atoms with van der Waals surface area (Å²) in [6, 6.07) is 0.193. The van der Waals surface area contributed by atoms with Gasteiger partial charge < -0.3 is 10.4 Å². The Hall–Kier alpha value is -0.360. The number of carboxylic acid groups (broad SMARTS) is 1. The minimum atomic E-state index is -0.885. The fourth-order valence-corrected chi connectivity index (χ4v) is 2.23. The van der Waals surface area contributed by atoms with E-state index in [4.69, 9.17) is 5.11 Å². The predicted octanol–water partition coefficient (Wildman–Crippen LogP) is 1.06. The van der Waals surface area contributed by atoms with Crippen molar-refractivity contribution in [2.45, 2.75) is 19.4 Å². The van der Waals surface area contributed by atoms with Gasteiger partial charge in [0.15, 0.2) is 0 Å². The van der Waals surface area contributed by atoms with Crippen LogP contribution in [0.4, 0.5) is 0 Å². The van der Waals surface area contributed by atoms with Crippen LogP contribution in [0.5, 0.6) is 0 Å². The van der Waals surface area contributed by atoms with E-state index in [2.05, 4.69) is 5.32 Å². The van der Waals surface area contributed by atoms with Gasteiger partial charge in [0, 0.05) is 11.8 Å². The summed E-state index contributed by atoms with van der Waals surface area (Å²) in [5.74, 6) is 0.126. The second kappa shape index (κ2) is 8.91. The maximum atomic E-state index is 11.3. The molecule has 0 aliphatic carbocycles. The highest BCUT2D eigenvalue weighted by atomic mass is 32.2. The average molecular weight is 251 g/mol. The summed E-state index contributed by atoms with van der Waals surface area (Å²) < 4.78 is 0. The zero-order valence-corrected chi connectivity index (χ0v) is 10.6. The molecule has 0 fully saturated rings. The minimum absolute atomic E-state index is 0.0211. The molecule has 0 rings (SSSR count). The highest BCUT2D eigenvalue weighted by Gasteiger charge is 2.10. The molecular weight excluding hydrogens is 234 g/mol. The van der Waals surface area contributed by atoms with Crippen molar-refractivity contribution in [2.75, 3.05) is 23.5 Å². The van der Waals surface area contributed by atoms with Gasteiger partial charge in [-0.15, -0.1) is 11.8 Å². The molecule has 0 saturated heterocycles. The fourth-order valence-electron chi connectivity index (χ4n) is 0.963. The van der Waals surface area contributed by atoms with Crippen LogP contribution in [0.1, 0.15) is 13.3 Å². The Morgan fingerprint density at radius 3 is 2.53 bits per heavy atom. The van der Waals surface area contributed by atoms with Gasteiger partial charge in [-0.3, -0.25) is 9.59 Å². The van der Waals surface area contributed by atoms with Gasteiger partial charge in [0.2, 0.25) is 5.91 Å². The second-order valence-electron chi connectivity index (χ2n) is 3.01. The van der Waals surface area contributed by atoms with Gasteiger partial charge in [-0.05, 0) is 12.7 Å². The molecule has 15 heavy (non-hydrogen) atoms. The molecule has 1 atom stereocenters. The molecule has 0 aliphatic rings. The van der Waals surface area contributed by atoms with Crippen molar-refractivity contribution in [2.24, 2.45) is 0 Å². The normalized spacial score (nSPS) is 12.1. The number of carbonyl (C=O) groups is 2. The molecule has 1 unspecified atom stereocenters. The average Bonchev–Trinajstić information content (AvgIpc) is 2.16. The maximum absolute atomic E-state index is 11.3. The van der Waals surface area contributed by atoms with E-state index in [0.29, 0.717) is 0 Å². The Morgan fingerprint density at radius 1 is 1.40 bits per heavy atom. The minimum Gasteiger partial charge on any atom is -0.481 e. The number of carbonyl (C=O) groups excluding carboxylic acids is 1. The third-order valence-corrected chi connectivity index (χ3v) is 3.34. The lowest BCUT2D eigenvalue weighted by molar-refractivity contribution is -0.133. The summed E-state index contributed by atoms with van der Waals surface area (Å²) in [6.45, 7) is 2.02. The summed E-state index contributed by atoms with van der Waals surface area (Å²) in [5, 5.41) is 11.3. The van der Waals surface area contributed by atoms with Gasteiger partial charge in [0.05, 0.1) is 11.5 Å². The number of aliphatic carboxylic acids is 1. The van der Waals surface area contributed by atoms with Crippen molar-refractivity contribution >= 4 is 35.4 Å². The molecule has 2 N–H and O–H groups in total. The highest BCUT2D eigenvalue weighted by Crippen LogP contribution is 2.03. The molecule has 0 aromatic carbocycles. The van der Waals surface area contributed by atoms with Crippen LogP contribution < -0.4 is 5.32 Å². The first-order valence-electron chi connectivity index (χ1n) is 4.68.